The Hall–Kier alpha value is -2.66. The van der Waals surface area contributed by atoms with Crippen LogP contribution in [-0.2, 0) is 6.42 Å². The molecule has 4 rings (SSSR count). The van der Waals surface area contributed by atoms with E-state index in [1.54, 1.807) is 11.0 Å². The minimum atomic E-state index is -0.595. The highest BCUT2D eigenvalue weighted by Gasteiger charge is 2.32. The van der Waals surface area contributed by atoms with Gasteiger partial charge in [-0.3, -0.25) is 4.79 Å². The van der Waals surface area contributed by atoms with E-state index in [0.29, 0.717) is 13.1 Å². The number of aliphatic hydroxyl groups is 1. The van der Waals surface area contributed by atoms with Crippen LogP contribution in [0.3, 0.4) is 0 Å². The molecule has 0 aliphatic carbocycles. The summed E-state index contributed by atoms with van der Waals surface area (Å²) in [5.41, 5.74) is 1.89. The Labute approximate surface area is 152 Å². The molecule has 5 nitrogen and oxygen atoms in total. The number of aromatic nitrogens is 1. The lowest BCUT2D eigenvalue weighted by atomic mass is 9.86. The number of piperidine rings is 1. The molecule has 1 fully saturated rings. The minimum absolute atomic E-state index is 0.0320. The van der Waals surface area contributed by atoms with Gasteiger partial charge in [0, 0.05) is 25.1 Å². The van der Waals surface area contributed by atoms with E-state index in [0.717, 1.165) is 24.1 Å². The molecule has 2 heterocycles. The first-order chi connectivity index (χ1) is 12.7. The normalized spacial score (nSPS) is 20.5. The molecule has 1 aliphatic rings. The van der Waals surface area contributed by atoms with Crippen LogP contribution in [0.15, 0.2) is 53.1 Å². The van der Waals surface area contributed by atoms with Crippen LogP contribution in [0, 0.1) is 0 Å². The third kappa shape index (κ3) is 3.10. The molecule has 1 aromatic heterocycles. The molecule has 26 heavy (non-hydrogen) atoms. The van der Waals surface area contributed by atoms with Crippen LogP contribution in [-0.4, -0.2) is 40.3 Å². The summed E-state index contributed by atoms with van der Waals surface area (Å²) < 4.78 is 5.14. The summed E-state index contributed by atoms with van der Waals surface area (Å²) in [7, 11) is 0. The second-order valence-electron chi connectivity index (χ2n) is 6.86. The van der Waals surface area contributed by atoms with Gasteiger partial charge in [-0.2, -0.15) is 0 Å². The number of aryl methyl sites for hydroxylation is 1. The second kappa shape index (κ2) is 6.92. The molecule has 1 N–H and O–H groups in total. The van der Waals surface area contributed by atoms with Gasteiger partial charge in [0.25, 0.3) is 5.91 Å². The van der Waals surface area contributed by atoms with Crippen molar-refractivity contribution in [1.82, 2.24) is 10.1 Å². The van der Waals surface area contributed by atoms with E-state index in [4.69, 9.17) is 4.52 Å². The first-order valence-electron chi connectivity index (χ1n) is 9.07. The van der Waals surface area contributed by atoms with Crippen LogP contribution in [0.2, 0.25) is 0 Å². The Balaban J connectivity index is 1.49. The molecule has 0 radical (unpaired) electrons. The first-order valence-corrected chi connectivity index (χ1v) is 9.07. The molecule has 5 heteroatoms. The van der Waals surface area contributed by atoms with Gasteiger partial charge in [-0.15, -0.1) is 0 Å². The molecule has 0 unspecified atom stereocenters. The zero-order valence-electron chi connectivity index (χ0n) is 14.8. The number of amides is 1. The number of nitrogens with zero attached hydrogens (tertiary/aromatic N) is 2. The van der Waals surface area contributed by atoms with Crippen LogP contribution in [0.1, 0.15) is 41.1 Å². The van der Waals surface area contributed by atoms with Gasteiger partial charge in [0.2, 0.25) is 5.76 Å². The molecule has 0 saturated carbocycles. The maximum absolute atomic E-state index is 12.6. The van der Waals surface area contributed by atoms with E-state index in [2.05, 4.69) is 35.5 Å². The summed E-state index contributed by atoms with van der Waals surface area (Å²) in [4.78, 5) is 14.2. The maximum atomic E-state index is 12.6. The number of rotatable bonds is 3. The SMILES string of the molecule is CCc1cc(C(=O)N2CC[C@@H](c3ccc4ccccc4c3)[C@H](O)C2)on1. The van der Waals surface area contributed by atoms with Gasteiger partial charge < -0.3 is 14.5 Å². The maximum Gasteiger partial charge on any atom is 0.292 e. The molecule has 3 aromatic rings. The fraction of sp³-hybridized carbons (Fsp3) is 0.333. The standard InChI is InChI=1S/C21H22N2O3/c1-2-17-12-20(26-22-17)21(25)23-10-9-18(19(24)13-23)16-8-7-14-5-3-4-6-15(14)11-16/h3-8,11-12,18-19,24H,2,9-10,13H2,1H3/t18-,19+/m0/s1. The number of carbonyl (C=O) groups is 1. The van der Waals surface area contributed by atoms with Gasteiger partial charge in [0.15, 0.2) is 0 Å². The van der Waals surface area contributed by atoms with Gasteiger partial charge in [-0.1, -0.05) is 54.5 Å². The van der Waals surface area contributed by atoms with Crippen molar-refractivity contribution >= 4 is 16.7 Å². The lowest BCUT2D eigenvalue weighted by Crippen LogP contribution is -2.45. The molecular weight excluding hydrogens is 328 g/mol. The lowest BCUT2D eigenvalue weighted by Gasteiger charge is -2.35. The van der Waals surface area contributed by atoms with Crippen molar-refractivity contribution in [1.29, 1.82) is 0 Å². The third-order valence-corrected chi connectivity index (χ3v) is 5.20. The molecule has 134 valence electrons. The third-order valence-electron chi connectivity index (χ3n) is 5.20. The van der Waals surface area contributed by atoms with E-state index in [-0.39, 0.29) is 17.6 Å². The van der Waals surface area contributed by atoms with E-state index in [1.807, 2.05) is 19.1 Å². The van der Waals surface area contributed by atoms with Crippen LogP contribution in [0.4, 0.5) is 0 Å². The Bertz CT molecular complexity index is 934. The quantitative estimate of drug-likeness (QED) is 0.786. The Morgan fingerprint density at radius 2 is 2.04 bits per heavy atom. The molecule has 0 spiro atoms. The number of hydrogen-bond acceptors (Lipinski definition) is 4. The van der Waals surface area contributed by atoms with E-state index < -0.39 is 6.10 Å². The molecular formula is C21H22N2O3. The Kier molecular flexibility index (Phi) is 4.47. The van der Waals surface area contributed by atoms with E-state index in [1.165, 1.54) is 10.8 Å². The predicted molar refractivity (Wildman–Crippen MR) is 99.1 cm³/mol. The molecule has 0 bridgehead atoms. The fourth-order valence-corrected chi connectivity index (χ4v) is 3.68. The summed E-state index contributed by atoms with van der Waals surface area (Å²) in [6.07, 6.45) is 0.853. The molecule has 1 amide bonds. The highest BCUT2D eigenvalue weighted by molar-refractivity contribution is 5.91. The number of hydrogen-bond donors (Lipinski definition) is 1. The Morgan fingerprint density at radius 1 is 1.23 bits per heavy atom. The minimum Gasteiger partial charge on any atom is -0.391 e. The molecule has 2 aromatic carbocycles. The molecule has 1 aliphatic heterocycles. The van der Waals surface area contributed by atoms with Crippen molar-refractivity contribution in [3.8, 4) is 0 Å². The van der Waals surface area contributed by atoms with Crippen LogP contribution in [0.25, 0.3) is 10.8 Å². The summed E-state index contributed by atoms with van der Waals surface area (Å²) >= 11 is 0. The van der Waals surface area contributed by atoms with E-state index >= 15 is 0 Å². The number of fused-ring (bicyclic) bond motifs is 1. The predicted octanol–water partition coefficient (Wildman–Crippen LogP) is 3.38. The zero-order chi connectivity index (χ0) is 18.1. The van der Waals surface area contributed by atoms with Crippen molar-refractivity contribution in [2.24, 2.45) is 0 Å². The first kappa shape index (κ1) is 16.8. The molecule has 1 saturated heterocycles. The topological polar surface area (TPSA) is 66.6 Å². The largest absolute Gasteiger partial charge is 0.391 e. The van der Waals surface area contributed by atoms with Crippen molar-refractivity contribution < 1.29 is 14.4 Å². The number of benzene rings is 2. The van der Waals surface area contributed by atoms with Gasteiger partial charge in [0.05, 0.1) is 11.8 Å². The monoisotopic (exact) mass is 350 g/mol. The summed E-state index contributed by atoms with van der Waals surface area (Å²) in [5, 5.41) is 16.9. The van der Waals surface area contributed by atoms with Crippen LogP contribution >= 0.6 is 0 Å². The Morgan fingerprint density at radius 3 is 2.77 bits per heavy atom. The van der Waals surface area contributed by atoms with Crippen LogP contribution < -0.4 is 0 Å². The van der Waals surface area contributed by atoms with Crippen molar-refractivity contribution in [2.75, 3.05) is 13.1 Å². The van der Waals surface area contributed by atoms with Crippen molar-refractivity contribution in [3.63, 3.8) is 0 Å². The smallest absolute Gasteiger partial charge is 0.292 e. The molecule has 2 atom stereocenters. The van der Waals surface area contributed by atoms with Gasteiger partial charge in [-0.05, 0) is 29.2 Å². The highest BCUT2D eigenvalue weighted by atomic mass is 16.5. The van der Waals surface area contributed by atoms with Gasteiger partial charge in [0.1, 0.15) is 0 Å². The fourth-order valence-electron chi connectivity index (χ4n) is 3.68. The highest BCUT2D eigenvalue weighted by Crippen LogP contribution is 2.31. The summed E-state index contributed by atoms with van der Waals surface area (Å²) in [5.74, 6) is 0.0796. The number of β-amino-alcohol motifs (C(OH)–C–C–N with tert-alkyl or cyclic N) is 1. The van der Waals surface area contributed by atoms with Crippen molar-refractivity contribution in [3.05, 3.63) is 65.5 Å². The average Bonchev–Trinajstić information content (AvgIpc) is 3.16. The van der Waals surface area contributed by atoms with Crippen molar-refractivity contribution in [2.45, 2.75) is 31.8 Å². The summed E-state index contributed by atoms with van der Waals surface area (Å²) in [6, 6.07) is 16.2. The number of carbonyl (C=O) groups excluding carboxylic acids is 1. The van der Waals surface area contributed by atoms with E-state index in [9.17, 15) is 9.90 Å². The van der Waals surface area contributed by atoms with Gasteiger partial charge >= 0.3 is 0 Å². The van der Waals surface area contributed by atoms with Gasteiger partial charge in [-0.25, -0.2) is 0 Å². The number of likely N-dealkylation sites (tertiary alicyclic amines) is 1. The lowest BCUT2D eigenvalue weighted by molar-refractivity contribution is 0.0354. The average molecular weight is 350 g/mol. The summed E-state index contributed by atoms with van der Waals surface area (Å²) in [6.45, 7) is 2.86. The number of aliphatic hydroxyl groups excluding tert-OH is 1. The second-order valence-corrected chi connectivity index (χ2v) is 6.86. The van der Waals surface area contributed by atoms with Crippen LogP contribution in [0.5, 0.6) is 0 Å². The zero-order valence-corrected chi connectivity index (χ0v) is 14.8.